The van der Waals surface area contributed by atoms with Gasteiger partial charge in [0.15, 0.2) is 11.3 Å². The Bertz CT molecular complexity index is 842. The fourth-order valence-corrected chi connectivity index (χ4v) is 5.07. The number of hydrazine groups is 1. The van der Waals surface area contributed by atoms with Crippen molar-refractivity contribution in [3.63, 3.8) is 0 Å². The first-order valence-corrected chi connectivity index (χ1v) is 12.4. The Balaban J connectivity index is 2.38. The van der Waals surface area contributed by atoms with Gasteiger partial charge in [0.2, 0.25) is 5.91 Å². The molecular formula is C26H42N4O4. The number of benzene rings is 1. The van der Waals surface area contributed by atoms with Gasteiger partial charge < -0.3 is 15.3 Å². The van der Waals surface area contributed by atoms with Crippen LogP contribution in [-0.2, 0) is 20.9 Å². The van der Waals surface area contributed by atoms with Crippen LogP contribution in [0.2, 0.25) is 0 Å². The van der Waals surface area contributed by atoms with E-state index < -0.39 is 22.8 Å². The Morgan fingerprint density at radius 3 is 2.38 bits per heavy atom. The number of carbonyl (C=O) groups excluding carboxylic acids is 2. The number of carboxylic acid groups (broad SMARTS) is 1. The second-order valence-corrected chi connectivity index (χ2v) is 9.73. The first-order valence-electron chi connectivity index (χ1n) is 12.4. The summed E-state index contributed by atoms with van der Waals surface area (Å²) in [4.78, 5) is 41.4. The molecule has 0 saturated carbocycles. The largest absolute Gasteiger partial charge is 0.481 e. The highest BCUT2D eigenvalue weighted by Crippen LogP contribution is 2.39. The summed E-state index contributed by atoms with van der Waals surface area (Å²) >= 11 is 0. The fourth-order valence-electron chi connectivity index (χ4n) is 5.07. The van der Waals surface area contributed by atoms with Gasteiger partial charge in [0, 0.05) is 32.5 Å². The van der Waals surface area contributed by atoms with E-state index in [0.717, 1.165) is 30.5 Å². The summed E-state index contributed by atoms with van der Waals surface area (Å²) in [6.07, 6.45) is 3.49. The molecule has 1 aliphatic rings. The van der Waals surface area contributed by atoms with E-state index in [1.54, 1.807) is 0 Å². The number of rotatable bonds is 13. The van der Waals surface area contributed by atoms with Crippen LogP contribution >= 0.6 is 0 Å². The second-order valence-electron chi connectivity index (χ2n) is 9.73. The van der Waals surface area contributed by atoms with Crippen LogP contribution in [-0.4, -0.2) is 60.9 Å². The van der Waals surface area contributed by atoms with E-state index in [-0.39, 0.29) is 24.5 Å². The first-order chi connectivity index (χ1) is 16.2. The minimum Gasteiger partial charge on any atom is -0.481 e. The highest BCUT2D eigenvalue weighted by Gasteiger charge is 2.53. The zero-order valence-electron chi connectivity index (χ0n) is 21.4. The fraction of sp³-hybridized carbons (Fsp3) is 0.654. The maximum Gasteiger partial charge on any atom is 0.309 e. The molecule has 8 heteroatoms. The topological polar surface area (TPSA) is 111 Å². The van der Waals surface area contributed by atoms with E-state index in [1.165, 1.54) is 7.05 Å². The average Bonchev–Trinajstić information content (AvgIpc) is 2.83. The molecule has 0 aromatic heterocycles. The van der Waals surface area contributed by atoms with E-state index in [9.17, 15) is 19.5 Å². The molecule has 1 aliphatic heterocycles. The third-order valence-corrected chi connectivity index (χ3v) is 7.24. The van der Waals surface area contributed by atoms with E-state index in [1.807, 2.05) is 52.2 Å². The van der Waals surface area contributed by atoms with Crippen LogP contribution in [0.1, 0.15) is 75.8 Å². The number of hydrogen-bond donors (Lipinski definition) is 4. The highest BCUT2D eigenvalue weighted by atomic mass is 16.4. The number of nitrogens with one attached hydrogen (secondary N) is 3. The predicted molar refractivity (Wildman–Crippen MR) is 133 cm³/mol. The molecule has 3 atom stereocenters. The van der Waals surface area contributed by atoms with Crippen LogP contribution in [0, 0.1) is 5.41 Å². The van der Waals surface area contributed by atoms with Crippen LogP contribution in [0.3, 0.4) is 0 Å². The summed E-state index contributed by atoms with van der Waals surface area (Å²) in [5.74, 6) is -1.92. The Kier molecular flexibility index (Phi) is 10.2. The number of carbonyl (C=O) groups is 3. The lowest BCUT2D eigenvalue weighted by molar-refractivity contribution is -0.151. The lowest BCUT2D eigenvalue weighted by Gasteiger charge is -2.43. The Labute approximate surface area is 203 Å². The van der Waals surface area contributed by atoms with Crippen LogP contribution in [0.15, 0.2) is 24.3 Å². The molecule has 190 valence electrons. The molecular weight excluding hydrogens is 432 g/mol. The quantitative estimate of drug-likeness (QED) is 0.325. The van der Waals surface area contributed by atoms with Crippen LogP contribution in [0.5, 0.6) is 0 Å². The van der Waals surface area contributed by atoms with Crippen molar-refractivity contribution in [1.29, 1.82) is 0 Å². The standard InChI is InChI=1S/C26H42N4O4/c1-6-8-15-25(7-2,24(33)34)16-13-22(31)26(23(32)27-3)21(14-17-28-29-26)20-11-9-19(10-12-20)18-30(4)5/h9-12,21,28-29H,6-8,13-18H2,1-5H3,(H,27,32)(H,33,34)/t21-,25?,26-/m0/s1. The van der Waals surface area contributed by atoms with Gasteiger partial charge in [-0.3, -0.25) is 19.8 Å². The van der Waals surface area contributed by atoms with Crippen molar-refractivity contribution in [1.82, 2.24) is 21.1 Å². The van der Waals surface area contributed by atoms with Crippen LogP contribution < -0.4 is 16.2 Å². The van der Waals surface area contributed by atoms with Crippen molar-refractivity contribution in [2.45, 2.75) is 76.8 Å². The summed E-state index contributed by atoms with van der Waals surface area (Å²) < 4.78 is 0. The minimum atomic E-state index is -1.50. The number of unbranched alkanes of at least 4 members (excludes halogenated alkanes) is 1. The van der Waals surface area contributed by atoms with Gasteiger partial charge in [-0.25, -0.2) is 5.43 Å². The number of nitrogens with zero attached hydrogens (tertiary/aromatic N) is 1. The zero-order valence-corrected chi connectivity index (χ0v) is 21.4. The number of Topliss-reactive ketones (excluding diaryl/α,β-unsaturated/α-hetero) is 1. The number of carboxylic acids is 1. The van der Waals surface area contributed by atoms with Crippen LogP contribution in [0.4, 0.5) is 0 Å². The van der Waals surface area contributed by atoms with Crippen molar-refractivity contribution in [2.75, 3.05) is 27.7 Å². The summed E-state index contributed by atoms with van der Waals surface area (Å²) in [6.45, 7) is 5.30. The van der Waals surface area contributed by atoms with Gasteiger partial charge in [-0.2, -0.15) is 0 Å². The molecule has 1 fully saturated rings. The molecule has 1 amide bonds. The molecule has 0 bridgehead atoms. The van der Waals surface area contributed by atoms with Gasteiger partial charge in [-0.05, 0) is 50.9 Å². The van der Waals surface area contributed by atoms with Crippen molar-refractivity contribution < 1.29 is 19.5 Å². The number of ketones is 1. The molecule has 0 radical (unpaired) electrons. The third kappa shape index (κ3) is 6.03. The maximum absolute atomic E-state index is 13.8. The van der Waals surface area contributed by atoms with Crippen molar-refractivity contribution in [3.05, 3.63) is 35.4 Å². The number of hydrogen-bond acceptors (Lipinski definition) is 6. The Morgan fingerprint density at radius 2 is 1.85 bits per heavy atom. The number of likely N-dealkylation sites (N-methyl/N-ethyl adjacent to an activating group) is 1. The van der Waals surface area contributed by atoms with Crippen molar-refractivity contribution in [3.8, 4) is 0 Å². The Morgan fingerprint density at radius 1 is 1.18 bits per heavy atom. The summed E-state index contributed by atoms with van der Waals surface area (Å²) in [7, 11) is 5.54. The Hall–Kier alpha value is -2.29. The molecule has 2 rings (SSSR count). The van der Waals surface area contributed by atoms with E-state index >= 15 is 0 Å². The molecule has 0 spiro atoms. The van der Waals surface area contributed by atoms with Gasteiger partial charge in [0.1, 0.15) is 0 Å². The third-order valence-electron chi connectivity index (χ3n) is 7.24. The smallest absolute Gasteiger partial charge is 0.309 e. The van der Waals surface area contributed by atoms with E-state index in [2.05, 4.69) is 21.1 Å². The van der Waals surface area contributed by atoms with Gasteiger partial charge in [-0.1, -0.05) is 51.0 Å². The van der Waals surface area contributed by atoms with Gasteiger partial charge in [0.25, 0.3) is 0 Å². The monoisotopic (exact) mass is 474 g/mol. The zero-order chi connectivity index (χ0) is 25.4. The molecule has 1 aromatic rings. The molecule has 8 nitrogen and oxygen atoms in total. The van der Waals surface area contributed by atoms with E-state index in [0.29, 0.717) is 25.8 Å². The average molecular weight is 475 g/mol. The van der Waals surface area contributed by atoms with Crippen molar-refractivity contribution >= 4 is 17.7 Å². The molecule has 34 heavy (non-hydrogen) atoms. The van der Waals surface area contributed by atoms with Crippen LogP contribution in [0.25, 0.3) is 0 Å². The normalized spacial score (nSPS) is 22.2. The molecule has 1 saturated heterocycles. The van der Waals surface area contributed by atoms with Gasteiger partial charge in [-0.15, -0.1) is 0 Å². The maximum atomic E-state index is 13.8. The molecule has 1 aromatic carbocycles. The lowest BCUT2D eigenvalue weighted by Crippen LogP contribution is -2.71. The minimum absolute atomic E-state index is 0.0150. The molecule has 1 unspecified atom stereocenters. The molecule has 0 aliphatic carbocycles. The van der Waals surface area contributed by atoms with Gasteiger partial charge >= 0.3 is 5.97 Å². The first kappa shape index (κ1) is 28.0. The predicted octanol–water partition coefficient (Wildman–Crippen LogP) is 2.84. The highest BCUT2D eigenvalue weighted by molar-refractivity contribution is 6.12. The summed E-state index contributed by atoms with van der Waals surface area (Å²) in [6, 6.07) is 8.06. The number of amides is 1. The SMILES string of the molecule is CCCCC(CC)(CCC(=O)[C@@]1(C(=O)NC)NNCC[C@H]1c1ccc(CN(C)C)cc1)C(=O)O. The molecule has 4 N–H and O–H groups in total. The van der Waals surface area contributed by atoms with Crippen molar-refractivity contribution in [2.24, 2.45) is 5.41 Å². The second kappa shape index (κ2) is 12.4. The number of aliphatic carboxylic acids is 1. The van der Waals surface area contributed by atoms with E-state index in [4.69, 9.17) is 0 Å². The summed E-state index contributed by atoms with van der Waals surface area (Å²) in [5.41, 5.74) is 5.67. The molecule has 1 heterocycles. The summed E-state index contributed by atoms with van der Waals surface area (Å²) in [5, 5.41) is 12.7. The van der Waals surface area contributed by atoms with Gasteiger partial charge in [0.05, 0.1) is 5.41 Å². The lowest BCUT2D eigenvalue weighted by atomic mass is 9.69.